The molecular weight excluding hydrogens is 368 g/mol. The molecule has 0 heterocycles. The molecule has 0 fully saturated rings. The lowest BCUT2D eigenvalue weighted by Gasteiger charge is -2.01. The molecule has 0 saturated heterocycles. The predicted molar refractivity (Wildman–Crippen MR) is 137 cm³/mol. The third kappa shape index (κ3) is 16.3. The highest BCUT2D eigenvalue weighted by Crippen LogP contribution is 2.10. The molecule has 0 saturated carbocycles. The van der Waals surface area contributed by atoms with E-state index >= 15 is 0 Å². The smallest absolute Gasteiger partial charge is 0.125 e. The molecule has 3 heteroatoms. The van der Waals surface area contributed by atoms with Gasteiger partial charge in [-0.15, -0.1) is 6.58 Å². The Labute approximate surface area is 186 Å². The first kappa shape index (κ1) is 32.0. The topological polar surface area (TPSA) is 53.0 Å². The first-order valence-corrected chi connectivity index (χ1v) is 11.1. The van der Waals surface area contributed by atoms with Gasteiger partial charge >= 0.3 is 0 Å². The lowest BCUT2D eigenvalue weighted by Crippen LogP contribution is -1.98. The van der Waals surface area contributed by atoms with Gasteiger partial charge in [-0.05, 0) is 43.0 Å². The molecule has 0 spiro atoms. The van der Waals surface area contributed by atoms with Crippen molar-refractivity contribution in [3.63, 3.8) is 0 Å². The van der Waals surface area contributed by atoms with E-state index in [0.717, 1.165) is 35.9 Å². The van der Waals surface area contributed by atoms with Crippen LogP contribution in [0.5, 0.6) is 0 Å². The monoisotopic (exact) mass is 412 g/mol. The fourth-order valence-electron chi connectivity index (χ4n) is 2.06. The van der Waals surface area contributed by atoms with Crippen molar-refractivity contribution in [1.29, 1.82) is 5.41 Å². The number of aldehydes is 1. The molecule has 0 aliphatic rings. The Balaban J connectivity index is -0.000000389. The standard InChI is InChI=1S/C11H15N.C10H11NO.3C2H6/c1-3-4-5-10-6-8-11(12-2)9-7-10;1-8-2-4-9(5-3-8)10(11)6-7-12;3*1-2/h3,6-9,12H,1,4-5H2,2H3;2-5,7,11H,6H2,1H3;3*1-2H3. The Bertz CT molecular complexity index is 644. The zero-order valence-corrected chi connectivity index (χ0v) is 20.5. The summed E-state index contributed by atoms with van der Waals surface area (Å²) >= 11 is 0. The SMILES string of the molecule is C=CCCc1ccc(NC)cc1.CC.CC.CC.Cc1ccc(C(=N)CC=O)cc1. The van der Waals surface area contributed by atoms with Crippen LogP contribution in [0.4, 0.5) is 5.69 Å². The van der Waals surface area contributed by atoms with E-state index in [1.165, 1.54) is 5.56 Å². The first-order valence-electron chi connectivity index (χ1n) is 11.1. The van der Waals surface area contributed by atoms with Gasteiger partial charge in [0.25, 0.3) is 0 Å². The molecule has 0 bridgehead atoms. The van der Waals surface area contributed by atoms with Crippen LogP contribution in [0, 0.1) is 12.3 Å². The molecular formula is C27H44N2O. The normalized spacial score (nSPS) is 8.13. The molecule has 168 valence electrons. The van der Waals surface area contributed by atoms with Crippen molar-refractivity contribution in [2.75, 3.05) is 12.4 Å². The largest absolute Gasteiger partial charge is 0.388 e. The molecule has 0 radical (unpaired) electrons. The van der Waals surface area contributed by atoms with Crippen LogP contribution < -0.4 is 5.32 Å². The molecule has 0 atom stereocenters. The molecule has 3 nitrogen and oxygen atoms in total. The summed E-state index contributed by atoms with van der Waals surface area (Å²) in [5.74, 6) is 0. The van der Waals surface area contributed by atoms with E-state index in [4.69, 9.17) is 5.41 Å². The highest BCUT2D eigenvalue weighted by molar-refractivity contribution is 6.04. The molecule has 0 aliphatic heterocycles. The minimum atomic E-state index is 0.197. The van der Waals surface area contributed by atoms with Crippen LogP contribution in [-0.4, -0.2) is 19.0 Å². The summed E-state index contributed by atoms with van der Waals surface area (Å²) < 4.78 is 0. The van der Waals surface area contributed by atoms with Crippen LogP contribution in [0.1, 0.15) is 71.1 Å². The van der Waals surface area contributed by atoms with Crippen molar-refractivity contribution in [2.45, 2.75) is 67.7 Å². The number of anilines is 1. The van der Waals surface area contributed by atoms with Crippen molar-refractivity contribution in [1.82, 2.24) is 0 Å². The van der Waals surface area contributed by atoms with Gasteiger partial charge in [-0.25, -0.2) is 0 Å². The molecule has 0 amide bonds. The molecule has 2 aromatic rings. The maximum Gasteiger partial charge on any atom is 0.125 e. The molecule has 30 heavy (non-hydrogen) atoms. The maximum atomic E-state index is 10.1. The van der Waals surface area contributed by atoms with E-state index in [0.29, 0.717) is 5.71 Å². The number of rotatable bonds is 7. The summed E-state index contributed by atoms with van der Waals surface area (Å²) in [5, 5.41) is 10.6. The molecule has 0 unspecified atom stereocenters. The number of hydrogen-bond acceptors (Lipinski definition) is 3. The second-order valence-electron chi connectivity index (χ2n) is 5.49. The Kier molecular flexibility index (Phi) is 26.0. The van der Waals surface area contributed by atoms with E-state index < -0.39 is 0 Å². The number of carbonyl (C=O) groups excluding carboxylic acids is 1. The molecule has 0 aromatic heterocycles. The highest BCUT2D eigenvalue weighted by atomic mass is 16.1. The van der Waals surface area contributed by atoms with Crippen molar-refractivity contribution in [3.8, 4) is 0 Å². The van der Waals surface area contributed by atoms with Crippen LogP contribution in [0.15, 0.2) is 61.2 Å². The average molecular weight is 413 g/mol. The number of allylic oxidation sites excluding steroid dienone is 1. The van der Waals surface area contributed by atoms with E-state index in [-0.39, 0.29) is 6.42 Å². The Morgan fingerprint density at radius 1 is 0.933 bits per heavy atom. The van der Waals surface area contributed by atoms with E-state index in [1.54, 1.807) is 0 Å². The Hall–Kier alpha value is -2.68. The van der Waals surface area contributed by atoms with Gasteiger partial charge in [-0.1, -0.05) is 89.6 Å². The second-order valence-corrected chi connectivity index (χ2v) is 5.49. The minimum Gasteiger partial charge on any atom is -0.388 e. The van der Waals surface area contributed by atoms with E-state index in [9.17, 15) is 4.79 Å². The van der Waals surface area contributed by atoms with Crippen LogP contribution in [0.2, 0.25) is 0 Å². The number of carbonyl (C=O) groups is 1. The first-order chi connectivity index (χ1) is 14.6. The van der Waals surface area contributed by atoms with Crippen LogP contribution in [0.3, 0.4) is 0 Å². The molecule has 2 rings (SSSR count). The van der Waals surface area contributed by atoms with Gasteiger partial charge < -0.3 is 15.5 Å². The summed E-state index contributed by atoms with van der Waals surface area (Å²) in [6, 6.07) is 16.1. The van der Waals surface area contributed by atoms with Crippen LogP contribution >= 0.6 is 0 Å². The van der Waals surface area contributed by atoms with Crippen molar-refractivity contribution in [2.24, 2.45) is 0 Å². The van der Waals surface area contributed by atoms with Crippen molar-refractivity contribution in [3.05, 3.63) is 77.9 Å². The predicted octanol–water partition coefficient (Wildman–Crippen LogP) is 7.88. The second kappa shape index (κ2) is 24.4. The van der Waals surface area contributed by atoms with E-state index in [2.05, 4.69) is 36.2 Å². The fraction of sp³-hybridized carbons (Fsp3) is 0.407. The number of benzene rings is 2. The zero-order valence-electron chi connectivity index (χ0n) is 20.5. The van der Waals surface area contributed by atoms with Crippen LogP contribution in [-0.2, 0) is 11.2 Å². The Morgan fingerprint density at radius 2 is 1.43 bits per heavy atom. The molecule has 2 N–H and O–H groups in total. The quantitative estimate of drug-likeness (QED) is 0.276. The summed E-state index contributed by atoms with van der Waals surface area (Å²) in [4.78, 5) is 10.1. The van der Waals surface area contributed by atoms with Crippen LogP contribution in [0.25, 0.3) is 0 Å². The summed E-state index contributed by atoms with van der Waals surface area (Å²) in [7, 11) is 1.93. The lowest BCUT2D eigenvalue weighted by molar-refractivity contribution is -0.106. The summed E-state index contributed by atoms with van der Waals surface area (Å²) in [5.41, 5.74) is 4.90. The minimum absolute atomic E-state index is 0.197. The van der Waals surface area contributed by atoms with E-state index in [1.807, 2.05) is 85.9 Å². The number of hydrogen-bond donors (Lipinski definition) is 2. The lowest BCUT2D eigenvalue weighted by atomic mass is 10.1. The van der Waals surface area contributed by atoms with Gasteiger partial charge in [-0.3, -0.25) is 0 Å². The van der Waals surface area contributed by atoms with Gasteiger partial charge in [0.05, 0.1) is 0 Å². The number of aryl methyl sites for hydroxylation is 2. The van der Waals surface area contributed by atoms with Crippen molar-refractivity contribution >= 4 is 17.7 Å². The van der Waals surface area contributed by atoms with Gasteiger partial charge in [0.2, 0.25) is 0 Å². The van der Waals surface area contributed by atoms with Gasteiger partial charge in [0.1, 0.15) is 6.29 Å². The average Bonchev–Trinajstić information content (AvgIpc) is 2.83. The summed E-state index contributed by atoms with van der Waals surface area (Å²) in [6.07, 6.45) is 5.05. The third-order valence-corrected chi connectivity index (χ3v) is 3.57. The third-order valence-electron chi connectivity index (χ3n) is 3.57. The van der Waals surface area contributed by atoms with Gasteiger partial charge in [-0.2, -0.15) is 0 Å². The summed E-state index contributed by atoms with van der Waals surface area (Å²) in [6.45, 7) is 17.7. The molecule has 0 aliphatic carbocycles. The Morgan fingerprint density at radius 3 is 1.83 bits per heavy atom. The zero-order chi connectivity index (χ0) is 23.8. The highest BCUT2D eigenvalue weighted by Gasteiger charge is 1.98. The maximum absolute atomic E-state index is 10.1. The number of nitrogens with one attached hydrogen (secondary N) is 2. The fourth-order valence-corrected chi connectivity index (χ4v) is 2.06. The van der Waals surface area contributed by atoms with Gasteiger partial charge in [0.15, 0.2) is 0 Å². The van der Waals surface area contributed by atoms with Gasteiger partial charge in [0, 0.05) is 24.9 Å². The molecule has 2 aromatic carbocycles. The van der Waals surface area contributed by atoms with Crippen molar-refractivity contribution < 1.29 is 4.79 Å².